The number of piperidine rings is 1. The first-order valence-electron chi connectivity index (χ1n) is 6.94. The van der Waals surface area contributed by atoms with Crippen LogP contribution in [0.2, 0.25) is 0 Å². The van der Waals surface area contributed by atoms with Gasteiger partial charge in [0.2, 0.25) is 0 Å². The van der Waals surface area contributed by atoms with E-state index in [-0.39, 0.29) is 18.5 Å². The summed E-state index contributed by atoms with van der Waals surface area (Å²) in [5, 5.41) is 8.63. The first kappa shape index (κ1) is 17.4. The van der Waals surface area contributed by atoms with Crippen molar-refractivity contribution >= 4 is 16.2 Å². The molecule has 1 rings (SSSR count). The number of hydrogen-bond acceptors (Lipinski definition) is 5. The zero-order valence-electron chi connectivity index (χ0n) is 11.9. The van der Waals surface area contributed by atoms with Gasteiger partial charge in [0.1, 0.15) is 0 Å². The van der Waals surface area contributed by atoms with Crippen molar-refractivity contribution in [3.8, 4) is 0 Å². The third-order valence-electron chi connectivity index (χ3n) is 3.45. The Balaban J connectivity index is 2.33. The largest absolute Gasteiger partial charge is 0.469 e. The molecule has 0 atom stereocenters. The zero-order chi connectivity index (χ0) is 15.0. The van der Waals surface area contributed by atoms with Crippen molar-refractivity contribution in [2.45, 2.75) is 32.1 Å². The second-order valence-electron chi connectivity index (χ2n) is 4.88. The van der Waals surface area contributed by atoms with Crippen molar-refractivity contribution in [2.75, 3.05) is 33.4 Å². The lowest BCUT2D eigenvalue weighted by Crippen LogP contribution is -2.46. The standard InChI is InChI=1S/C12H24N2O5S/c1-19-12(16)11-5-8-14(9-6-11)20(17,18)13-7-3-2-4-10-15/h11,13,15H,2-10H2,1H3. The first-order chi connectivity index (χ1) is 9.51. The summed E-state index contributed by atoms with van der Waals surface area (Å²) in [5.41, 5.74) is 0. The highest BCUT2D eigenvalue weighted by atomic mass is 32.2. The van der Waals surface area contributed by atoms with Crippen LogP contribution in [0.25, 0.3) is 0 Å². The molecule has 0 radical (unpaired) electrons. The lowest BCUT2D eigenvalue weighted by Gasteiger charge is -2.29. The second-order valence-corrected chi connectivity index (χ2v) is 6.64. The van der Waals surface area contributed by atoms with Gasteiger partial charge in [0, 0.05) is 26.2 Å². The molecule has 0 bridgehead atoms. The molecule has 20 heavy (non-hydrogen) atoms. The number of aliphatic hydroxyl groups excluding tert-OH is 1. The molecule has 0 aromatic carbocycles. The van der Waals surface area contributed by atoms with E-state index >= 15 is 0 Å². The van der Waals surface area contributed by atoms with Crippen LogP contribution in [0, 0.1) is 5.92 Å². The fourth-order valence-corrected chi connectivity index (χ4v) is 3.48. The van der Waals surface area contributed by atoms with Crippen LogP contribution in [-0.2, 0) is 19.7 Å². The summed E-state index contributed by atoms with van der Waals surface area (Å²) in [6.07, 6.45) is 3.18. The topological polar surface area (TPSA) is 95.9 Å². The summed E-state index contributed by atoms with van der Waals surface area (Å²) in [7, 11) is -2.11. The van der Waals surface area contributed by atoms with Gasteiger partial charge in [0.15, 0.2) is 0 Å². The maximum Gasteiger partial charge on any atom is 0.308 e. The van der Waals surface area contributed by atoms with E-state index in [4.69, 9.17) is 5.11 Å². The van der Waals surface area contributed by atoms with Crippen LogP contribution < -0.4 is 4.72 Å². The van der Waals surface area contributed by atoms with Crippen molar-refractivity contribution in [1.29, 1.82) is 0 Å². The number of methoxy groups -OCH3 is 1. The molecule has 1 aliphatic heterocycles. The third kappa shape index (κ3) is 5.35. The molecule has 0 unspecified atom stereocenters. The van der Waals surface area contributed by atoms with Crippen LogP contribution in [-0.4, -0.2) is 57.1 Å². The number of rotatable bonds is 8. The minimum atomic E-state index is -3.46. The number of nitrogens with one attached hydrogen (secondary N) is 1. The monoisotopic (exact) mass is 308 g/mol. The highest BCUT2D eigenvalue weighted by Crippen LogP contribution is 2.20. The Hall–Kier alpha value is -0.700. The molecule has 1 aliphatic rings. The van der Waals surface area contributed by atoms with Gasteiger partial charge in [-0.1, -0.05) is 0 Å². The van der Waals surface area contributed by atoms with E-state index in [0.29, 0.717) is 45.3 Å². The summed E-state index contributed by atoms with van der Waals surface area (Å²) in [6.45, 7) is 1.19. The summed E-state index contributed by atoms with van der Waals surface area (Å²) < 4.78 is 32.6. The molecule has 1 heterocycles. The van der Waals surface area contributed by atoms with E-state index in [2.05, 4.69) is 9.46 Å². The lowest BCUT2D eigenvalue weighted by molar-refractivity contribution is -0.146. The van der Waals surface area contributed by atoms with E-state index in [1.54, 1.807) is 0 Å². The van der Waals surface area contributed by atoms with Gasteiger partial charge in [-0.05, 0) is 32.1 Å². The molecule has 118 valence electrons. The maximum absolute atomic E-state index is 12.0. The van der Waals surface area contributed by atoms with Crippen LogP contribution in [0.5, 0.6) is 0 Å². The molecule has 8 heteroatoms. The molecular formula is C12H24N2O5S. The van der Waals surface area contributed by atoms with Gasteiger partial charge in [-0.25, -0.2) is 4.72 Å². The van der Waals surface area contributed by atoms with Crippen LogP contribution >= 0.6 is 0 Å². The van der Waals surface area contributed by atoms with E-state index in [0.717, 1.165) is 6.42 Å². The van der Waals surface area contributed by atoms with Gasteiger partial charge < -0.3 is 9.84 Å². The third-order valence-corrected chi connectivity index (χ3v) is 5.06. The molecule has 0 saturated carbocycles. The number of aliphatic hydroxyl groups is 1. The average Bonchev–Trinajstić information content (AvgIpc) is 2.46. The summed E-state index contributed by atoms with van der Waals surface area (Å²) in [4.78, 5) is 11.4. The predicted octanol–water partition coefficient (Wildman–Crippen LogP) is -0.132. The number of nitrogens with zero attached hydrogens (tertiary/aromatic N) is 1. The molecule has 7 nitrogen and oxygen atoms in total. The van der Waals surface area contributed by atoms with Crippen LogP contribution in [0.1, 0.15) is 32.1 Å². The van der Waals surface area contributed by atoms with E-state index in [1.807, 2.05) is 0 Å². The van der Waals surface area contributed by atoms with Crippen molar-refractivity contribution in [3.63, 3.8) is 0 Å². The molecule has 0 amide bonds. The van der Waals surface area contributed by atoms with Crippen molar-refractivity contribution in [2.24, 2.45) is 5.92 Å². The van der Waals surface area contributed by atoms with Crippen LogP contribution in [0.4, 0.5) is 0 Å². The first-order valence-corrected chi connectivity index (χ1v) is 8.38. The van der Waals surface area contributed by atoms with E-state index < -0.39 is 10.2 Å². The number of unbranched alkanes of at least 4 members (excludes halogenated alkanes) is 2. The number of hydrogen-bond donors (Lipinski definition) is 2. The summed E-state index contributed by atoms with van der Waals surface area (Å²) >= 11 is 0. The Morgan fingerprint density at radius 1 is 1.30 bits per heavy atom. The Kier molecular flexibility index (Phi) is 7.42. The SMILES string of the molecule is COC(=O)C1CCN(S(=O)(=O)NCCCCCO)CC1. The van der Waals surface area contributed by atoms with Gasteiger partial charge in [-0.3, -0.25) is 4.79 Å². The highest BCUT2D eigenvalue weighted by molar-refractivity contribution is 7.87. The van der Waals surface area contributed by atoms with E-state index in [9.17, 15) is 13.2 Å². The molecular weight excluding hydrogens is 284 g/mol. The maximum atomic E-state index is 12.0. The Morgan fingerprint density at radius 2 is 1.95 bits per heavy atom. The average molecular weight is 308 g/mol. The Labute approximate surface area is 120 Å². The molecule has 0 aromatic rings. The fraction of sp³-hybridized carbons (Fsp3) is 0.917. The van der Waals surface area contributed by atoms with E-state index in [1.165, 1.54) is 11.4 Å². The van der Waals surface area contributed by atoms with Gasteiger partial charge >= 0.3 is 5.97 Å². The molecule has 0 aliphatic carbocycles. The van der Waals surface area contributed by atoms with Crippen molar-refractivity contribution in [3.05, 3.63) is 0 Å². The number of esters is 1. The summed E-state index contributed by atoms with van der Waals surface area (Å²) in [5.74, 6) is -0.463. The zero-order valence-corrected chi connectivity index (χ0v) is 12.7. The molecule has 1 saturated heterocycles. The summed E-state index contributed by atoms with van der Waals surface area (Å²) in [6, 6.07) is 0. The number of carbonyl (C=O) groups is 1. The van der Waals surface area contributed by atoms with Gasteiger partial charge in [-0.2, -0.15) is 12.7 Å². The second kappa shape index (κ2) is 8.56. The Morgan fingerprint density at radius 3 is 2.50 bits per heavy atom. The van der Waals surface area contributed by atoms with Gasteiger partial charge in [-0.15, -0.1) is 0 Å². The highest BCUT2D eigenvalue weighted by Gasteiger charge is 2.31. The van der Waals surface area contributed by atoms with Crippen LogP contribution in [0.3, 0.4) is 0 Å². The number of ether oxygens (including phenoxy) is 1. The molecule has 2 N–H and O–H groups in total. The minimum absolute atomic E-state index is 0.133. The predicted molar refractivity (Wildman–Crippen MR) is 74.2 cm³/mol. The van der Waals surface area contributed by atoms with Crippen molar-refractivity contribution in [1.82, 2.24) is 9.03 Å². The normalized spacial score (nSPS) is 18.1. The Bertz CT molecular complexity index is 391. The molecule has 0 spiro atoms. The smallest absolute Gasteiger partial charge is 0.308 e. The van der Waals surface area contributed by atoms with Crippen LogP contribution in [0.15, 0.2) is 0 Å². The molecule has 0 aromatic heterocycles. The minimum Gasteiger partial charge on any atom is -0.469 e. The van der Waals surface area contributed by atoms with Gasteiger partial charge in [0.05, 0.1) is 13.0 Å². The lowest BCUT2D eigenvalue weighted by atomic mass is 9.99. The van der Waals surface area contributed by atoms with Gasteiger partial charge in [0.25, 0.3) is 10.2 Å². The fourth-order valence-electron chi connectivity index (χ4n) is 2.20. The number of carbonyl (C=O) groups excluding carboxylic acids is 1. The molecule has 1 fully saturated rings. The quantitative estimate of drug-likeness (QED) is 0.481. The van der Waals surface area contributed by atoms with Crippen molar-refractivity contribution < 1.29 is 23.1 Å².